The maximum atomic E-state index is 13.8. The standard InChI is InChI=1S/C25H28FN3O/c1-16-3-10-21(11-4-16)29-25(30)28-17(2)18-5-7-19(8-6-18)22-13-14-27-24-12-9-20(26)15-23(22)24/h3-4,9-15,17-19H,5-8H2,1-2H3,(H2,28,29,30)/t17-,18-,19+/m1/s1. The van der Waals surface area contributed by atoms with Gasteiger partial charge in [0.05, 0.1) is 5.52 Å². The second-order valence-corrected chi connectivity index (χ2v) is 8.43. The largest absolute Gasteiger partial charge is 0.335 e. The van der Waals surface area contributed by atoms with Crippen LogP contribution in [0.4, 0.5) is 14.9 Å². The second kappa shape index (κ2) is 8.82. The highest BCUT2D eigenvalue weighted by atomic mass is 19.1. The van der Waals surface area contributed by atoms with Gasteiger partial charge in [-0.2, -0.15) is 0 Å². The number of carbonyl (C=O) groups excluding carboxylic acids is 1. The molecule has 1 aromatic heterocycles. The lowest BCUT2D eigenvalue weighted by Crippen LogP contribution is -2.41. The van der Waals surface area contributed by atoms with Crippen molar-refractivity contribution in [2.24, 2.45) is 5.92 Å². The van der Waals surface area contributed by atoms with E-state index in [1.54, 1.807) is 12.1 Å². The molecule has 3 aromatic rings. The van der Waals surface area contributed by atoms with Gasteiger partial charge in [0, 0.05) is 23.3 Å². The minimum Gasteiger partial charge on any atom is -0.335 e. The zero-order valence-electron chi connectivity index (χ0n) is 17.5. The van der Waals surface area contributed by atoms with E-state index >= 15 is 0 Å². The number of fused-ring (bicyclic) bond motifs is 1. The number of carbonyl (C=O) groups is 1. The summed E-state index contributed by atoms with van der Waals surface area (Å²) in [6.45, 7) is 4.10. The van der Waals surface area contributed by atoms with Crippen LogP contribution in [0.3, 0.4) is 0 Å². The van der Waals surface area contributed by atoms with Crippen molar-refractivity contribution >= 4 is 22.6 Å². The highest BCUT2D eigenvalue weighted by molar-refractivity contribution is 5.89. The molecule has 0 unspecified atom stereocenters. The first-order valence-corrected chi connectivity index (χ1v) is 10.7. The van der Waals surface area contributed by atoms with Crippen LogP contribution in [0, 0.1) is 18.7 Å². The molecule has 0 aliphatic heterocycles. The van der Waals surface area contributed by atoms with Crippen molar-refractivity contribution in [1.29, 1.82) is 0 Å². The number of rotatable bonds is 4. The smallest absolute Gasteiger partial charge is 0.319 e. The summed E-state index contributed by atoms with van der Waals surface area (Å²) in [7, 11) is 0. The van der Waals surface area contributed by atoms with Gasteiger partial charge in [-0.25, -0.2) is 9.18 Å². The number of anilines is 1. The van der Waals surface area contributed by atoms with Gasteiger partial charge >= 0.3 is 6.03 Å². The van der Waals surface area contributed by atoms with Crippen molar-refractivity contribution in [3.05, 3.63) is 71.7 Å². The van der Waals surface area contributed by atoms with E-state index in [0.717, 1.165) is 47.8 Å². The molecule has 2 aromatic carbocycles. The number of halogens is 1. The van der Waals surface area contributed by atoms with Gasteiger partial charge in [0.2, 0.25) is 0 Å². The zero-order valence-corrected chi connectivity index (χ0v) is 17.5. The molecular weight excluding hydrogens is 377 g/mol. The number of urea groups is 1. The second-order valence-electron chi connectivity index (χ2n) is 8.43. The molecule has 0 saturated heterocycles. The molecule has 1 heterocycles. The quantitative estimate of drug-likeness (QED) is 0.546. The van der Waals surface area contributed by atoms with Gasteiger partial charge in [0.1, 0.15) is 5.82 Å². The predicted molar refractivity (Wildman–Crippen MR) is 119 cm³/mol. The Kier molecular flexibility index (Phi) is 5.98. The number of hydrogen-bond acceptors (Lipinski definition) is 2. The van der Waals surface area contributed by atoms with E-state index < -0.39 is 0 Å². The van der Waals surface area contributed by atoms with E-state index in [0.29, 0.717) is 11.8 Å². The first-order valence-electron chi connectivity index (χ1n) is 10.7. The summed E-state index contributed by atoms with van der Waals surface area (Å²) in [6, 6.07) is 14.6. The molecule has 1 fully saturated rings. The molecule has 1 aliphatic rings. The third-order valence-corrected chi connectivity index (χ3v) is 6.32. The molecule has 1 atom stereocenters. The summed E-state index contributed by atoms with van der Waals surface area (Å²) in [6.07, 6.45) is 5.96. The SMILES string of the molecule is Cc1ccc(NC(=O)N[C@H](C)[C@H]2CC[C@@H](c3ccnc4ccc(F)cc43)CC2)cc1. The first kappa shape index (κ1) is 20.3. The monoisotopic (exact) mass is 405 g/mol. The molecule has 30 heavy (non-hydrogen) atoms. The van der Waals surface area contributed by atoms with Crippen LogP contribution in [0.5, 0.6) is 0 Å². The fraction of sp³-hybridized carbons (Fsp3) is 0.360. The van der Waals surface area contributed by atoms with Crippen molar-refractivity contribution in [3.8, 4) is 0 Å². The number of nitrogens with one attached hydrogen (secondary N) is 2. The molecule has 1 saturated carbocycles. The van der Waals surface area contributed by atoms with E-state index in [9.17, 15) is 9.18 Å². The van der Waals surface area contributed by atoms with Crippen LogP contribution < -0.4 is 10.6 Å². The van der Waals surface area contributed by atoms with Crippen LogP contribution in [0.15, 0.2) is 54.7 Å². The number of benzene rings is 2. The Morgan fingerprint density at radius 1 is 1.07 bits per heavy atom. The molecule has 4 rings (SSSR count). The van der Waals surface area contributed by atoms with Crippen molar-refractivity contribution in [3.63, 3.8) is 0 Å². The summed E-state index contributed by atoms with van der Waals surface area (Å²) in [5, 5.41) is 6.92. The molecule has 4 nitrogen and oxygen atoms in total. The molecule has 5 heteroatoms. The minimum absolute atomic E-state index is 0.100. The maximum absolute atomic E-state index is 13.8. The van der Waals surface area contributed by atoms with Gasteiger partial charge in [0.25, 0.3) is 0 Å². The van der Waals surface area contributed by atoms with Crippen molar-refractivity contribution in [2.45, 2.75) is 51.5 Å². The highest BCUT2D eigenvalue weighted by Crippen LogP contribution is 2.39. The Hall–Kier alpha value is -2.95. The van der Waals surface area contributed by atoms with E-state index in [1.807, 2.05) is 43.5 Å². The van der Waals surface area contributed by atoms with Crippen LogP contribution in [0.1, 0.15) is 49.7 Å². The Morgan fingerprint density at radius 2 is 1.80 bits per heavy atom. The zero-order chi connectivity index (χ0) is 21.1. The summed E-state index contributed by atoms with van der Waals surface area (Å²) in [5.74, 6) is 0.625. The molecule has 0 radical (unpaired) electrons. The van der Waals surface area contributed by atoms with E-state index in [1.165, 1.54) is 11.6 Å². The van der Waals surface area contributed by atoms with Crippen LogP contribution in [-0.2, 0) is 0 Å². The number of aromatic nitrogens is 1. The van der Waals surface area contributed by atoms with Crippen molar-refractivity contribution < 1.29 is 9.18 Å². The Morgan fingerprint density at radius 3 is 2.53 bits per heavy atom. The molecule has 156 valence electrons. The average Bonchev–Trinajstić information content (AvgIpc) is 2.75. The number of hydrogen-bond donors (Lipinski definition) is 2. The normalized spacial score (nSPS) is 20.0. The molecule has 2 amide bonds. The van der Waals surface area contributed by atoms with Gasteiger partial charge in [-0.3, -0.25) is 4.98 Å². The summed E-state index contributed by atoms with van der Waals surface area (Å²) >= 11 is 0. The Bertz CT molecular complexity index is 1030. The van der Waals surface area contributed by atoms with Gasteiger partial charge in [-0.15, -0.1) is 0 Å². The average molecular weight is 406 g/mol. The molecule has 0 spiro atoms. The molecular formula is C25H28FN3O. The number of pyridine rings is 1. The lowest BCUT2D eigenvalue weighted by molar-refractivity contribution is 0.231. The molecule has 1 aliphatic carbocycles. The fourth-order valence-electron chi connectivity index (χ4n) is 4.55. The van der Waals surface area contributed by atoms with Crippen LogP contribution >= 0.6 is 0 Å². The first-order chi connectivity index (χ1) is 14.5. The van der Waals surface area contributed by atoms with E-state index in [2.05, 4.69) is 22.5 Å². The van der Waals surface area contributed by atoms with Crippen LogP contribution in [-0.4, -0.2) is 17.1 Å². The van der Waals surface area contributed by atoms with Crippen LogP contribution in [0.2, 0.25) is 0 Å². The summed E-state index contributed by atoms with van der Waals surface area (Å²) < 4.78 is 13.8. The topological polar surface area (TPSA) is 54.0 Å². The van der Waals surface area contributed by atoms with E-state index in [4.69, 9.17) is 0 Å². The minimum atomic E-state index is -0.220. The third kappa shape index (κ3) is 4.61. The molecule has 0 bridgehead atoms. The highest BCUT2D eigenvalue weighted by Gasteiger charge is 2.28. The van der Waals surface area contributed by atoms with Crippen LogP contribution in [0.25, 0.3) is 10.9 Å². The third-order valence-electron chi connectivity index (χ3n) is 6.32. The lowest BCUT2D eigenvalue weighted by atomic mass is 9.75. The Labute approximate surface area is 176 Å². The van der Waals surface area contributed by atoms with Gasteiger partial charge in [0.15, 0.2) is 0 Å². The Balaban J connectivity index is 1.34. The maximum Gasteiger partial charge on any atom is 0.319 e. The van der Waals surface area contributed by atoms with Gasteiger partial charge in [-0.05, 0) is 93.3 Å². The van der Waals surface area contributed by atoms with E-state index in [-0.39, 0.29) is 17.9 Å². The lowest BCUT2D eigenvalue weighted by Gasteiger charge is -2.33. The van der Waals surface area contributed by atoms with Gasteiger partial charge < -0.3 is 10.6 Å². The van der Waals surface area contributed by atoms with Crippen molar-refractivity contribution in [2.75, 3.05) is 5.32 Å². The van der Waals surface area contributed by atoms with Gasteiger partial charge in [-0.1, -0.05) is 17.7 Å². The number of aryl methyl sites for hydroxylation is 1. The fourth-order valence-corrected chi connectivity index (χ4v) is 4.55. The summed E-state index contributed by atoms with van der Waals surface area (Å²) in [4.78, 5) is 16.7. The number of nitrogens with zero attached hydrogens (tertiary/aromatic N) is 1. The predicted octanol–water partition coefficient (Wildman–Crippen LogP) is 6.17. The number of amides is 2. The van der Waals surface area contributed by atoms with Crippen molar-refractivity contribution in [1.82, 2.24) is 10.3 Å². The summed E-state index contributed by atoms with van der Waals surface area (Å²) in [5.41, 5.74) is 4.00. The molecule has 2 N–H and O–H groups in total.